The second-order valence-electron chi connectivity index (χ2n) is 5.30. The summed E-state index contributed by atoms with van der Waals surface area (Å²) in [6, 6.07) is -0.226. The predicted molar refractivity (Wildman–Crippen MR) is 64.3 cm³/mol. The standard InChI is InChI=1S/C12H24N2O3/c1-7-8(13)6-9(14)12(16-7)17-11-5-3-2-4-10(11)15/h7-12,15H,2-6,13-14H2,1H3. The largest absolute Gasteiger partial charge is 0.390 e. The summed E-state index contributed by atoms with van der Waals surface area (Å²) < 4.78 is 11.5. The van der Waals surface area contributed by atoms with Crippen LogP contribution in [0.4, 0.5) is 0 Å². The van der Waals surface area contributed by atoms with E-state index in [9.17, 15) is 5.11 Å². The van der Waals surface area contributed by atoms with Crippen molar-refractivity contribution < 1.29 is 14.6 Å². The molecule has 2 fully saturated rings. The minimum Gasteiger partial charge on any atom is -0.390 e. The van der Waals surface area contributed by atoms with Gasteiger partial charge in [0.1, 0.15) is 0 Å². The van der Waals surface area contributed by atoms with E-state index in [2.05, 4.69) is 0 Å². The van der Waals surface area contributed by atoms with Crippen molar-refractivity contribution in [3.8, 4) is 0 Å². The van der Waals surface area contributed by atoms with Crippen molar-refractivity contribution in [1.29, 1.82) is 0 Å². The zero-order chi connectivity index (χ0) is 12.4. The number of hydrogen-bond donors (Lipinski definition) is 3. The zero-order valence-electron chi connectivity index (χ0n) is 10.4. The lowest BCUT2D eigenvalue weighted by Crippen LogP contribution is -2.55. The van der Waals surface area contributed by atoms with Crippen LogP contribution in [0.15, 0.2) is 0 Å². The Labute approximate surface area is 102 Å². The molecule has 0 radical (unpaired) electrons. The fourth-order valence-corrected chi connectivity index (χ4v) is 2.57. The molecule has 6 unspecified atom stereocenters. The Morgan fingerprint density at radius 1 is 1.18 bits per heavy atom. The van der Waals surface area contributed by atoms with Crippen LogP contribution in [-0.4, -0.2) is 41.8 Å². The zero-order valence-corrected chi connectivity index (χ0v) is 10.4. The Bertz CT molecular complexity index is 252. The summed E-state index contributed by atoms with van der Waals surface area (Å²) in [5.74, 6) is 0. The van der Waals surface area contributed by atoms with Gasteiger partial charge in [-0.05, 0) is 26.2 Å². The molecule has 0 aromatic rings. The molecule has 5 N–H and O–H groups in total. The molecule has 5 heteroatoms. The Hall–Kier alpha value is -0.200. The van der Waals surface area contributed by atoms with E-state index in [0.29, 0.717) is 6.42 Å². The minimum atomic E-state index is -0.428. The maximum absolute atomic E-state index is 9.86. The van der Waals surface area contributed by atoms with Crippen LogP contribution in [0.5, 0.6) is 0 Å². The Morgan fingerprint density at radius 2 is 1.88 bits per heavy atom. The molecule has 0 amide bonds. The van der Waals surface area contributed by atoms with Gasteiger partial charge < -0.3 is 26.0 Å². The molecule has 2 rings (SSSR count). The summed E-state index contributed by atoms with van der Waals surface area (Å²) in [5.41, 5.74) is 11.9. The predicted octanol–water partition coefficient (Wildman–Crippen LogP) is 0.0960. The monoisotopic (exact) mass is 244 g/mol. The average molecular weight is 244 g/mol. The van der Waals surface area contributed by atoms with Crippen LogP contribution in [0.25, 0.3) is 0 Å². The number of nitrogens with two attached hydrogens (primary N) is 2. The fourth-order valence-electron chi connectivity index (χ4n) is 2.57. The Balaban J connectivity index is 1.89. The Morgan fingerprint density at radius 3 is 2.59 bits per heavy atom. The normalized spacial score (nSPS) is 48.0. The minimum absolute atomic E-state index is 0.0267. The van der Waals surface area contributed by atoms with E-state index < -0.39 is 6.29 Å². The maximum atomic E-state index is 9.86. The van der Waals surface area contributed by atoms with Crippen molar-refractivity contribution in [2.24, 2.45) is 11.5 Å². The van der Waals surface area contributed by atoms with Gasteiger partial charge in [-0.1, -0.05) is 12.8 Å². The van der Waals surface area contributed by atoms with E-state index in [0.717, 1.165) is 25.7 Å². The third-order valence-corrected chi connectivity index (χ3v) is 3.82. The van der Waals surface area contributed by atoms with Crippen LogP contribution >= 0.6 is 0 Å². The van der Waals surface area contributed by atoms with E-state index >= 15 is 0 Å². The fraction of sp³-hybridized carbons (Fsp3) is 1.00. The highest BCUT2D eigenvalue weighted by Gasteiger charge is 2.36. The number of aliphatic hydroxyl groups is 1. The van der Waals surface area contributed by atoms with Crippen LogP contribution < -0.4 is 11.5 Å². The van der Waals surface area contributed by atoms with E-state index in [-0.39, 0.29) is 30.4 Å². The van der Waals surface area contributed by atoms with Gasteiger partial charge in [0.25, 0.3) is 0 Å². The number of hydrogen-bond acceptors (Lipinski definition) is 5. The van der Waals surface area contributed by atoms with Crippen molar-refractivity contribution in [3.05, 3.63) is 0 Å². The summed E-state index contributed by atoms with van der Waals surface area (Å²) >= 11 is 0. The molecule has 17 heavy (non-hydrogen) atoms. The molecule has 100 valence electrons. The molecule has 1 saturated carbocycles. The molecule has 6 atom stereocenters. The van der Waals surface area contributed by atoms with Gasteiger partial charge in [-0.25, -0.2) is 0 Å². The SMILES string of the molecule is CC1OC(OC2CCCCC2O)C(N)CC1N. The summed E-state index contributed by atoms with van der Waals surface area (Å²) in [5, 5.41) is 9.86. The summed E-state index contributed by atoms with van der Waals surface area (Å²) in [6.07, 6.45) is 3.57. The molecule has 0 aromatic carbocycles. The molecule has 0 aromatic heterocycles. The lowest BCUT2D eigenvalue weighted by molar-refractivity contribution is -0.241. The number of ether oxygens (including phenoxy) is 2. The van der Waals surface area contributed by atoms with E-state index in [4.69, 9.17) is 20.9 Å². The molecule has 5 nitrogen and oxygen atoms in total. The van der Waals surface area contributed by atoms with Crippen molar-refractivity contribution >= 4 is 0 Å². The quantitative estimate of drug-likeness (QED) is 0.640. The van der Waals surface area contributed by atoms with Crippen molar-refractivity contribution in [2.75, 3.05) is 0 Å². The maximum Gasteiger partial charge on any atom is 0.173 e. The molecular formula is C12H24N2O3. The van der Waals surface area contributed by atoms with Crippen LogP contribution in [0.1, 0.15) is 39.0 Å². The third-order valence-electron chi connectivity index (χ3n) is 3.82. The van der Waals surface area contributed by atoms with Gasteiger partial charge in [-0.3, -0.25) is 0 Å². The van der Waals surface area contributed by atoms with Gasteiger partial charge in [0.05, 0.1) is 24.4 Å². The second kappa shape index (κ2) is 5.63. The first kappa shape index (κ1) is 13.2. The van der Waals surface area contributed by atoms with E-state index in [1.165, 1.54) is 0 Å². The first-order valence-corrected chi connectivity index (χ1v) is 6.58. The van der Waals surface area contributed by atoms with Crippen LogP contribution in [-0.2, 0) is 9.47 Å². The number of rotatable bonds is 2. The lowest BCUT2D eigenvalue weighted by atomic mass is 9.94. The van der Waals surface area contributed by atoms with E-state index in [1.807, 2.05) is 6.92 Å². The van der Waals surface area contributed by atoms with Gasteiger partial charge in [0.2, 0.25) is 0 Å². The molecule has 1 saturated heterocycles. The molecule has 1 aliphatic heterocycles. The second-order valence-corrected chi connectivity index (χ2v) is 5.30. The molecule has 1 aliphatic carbocycles. The molecule has 2 aliphatic rings. The highest BCUT2D eigenvalue weighted by Crippen LogP contribution is 2.26. The molecule has 0 bridgehead atoms. The van der Waals surface area contributed by atoms with Gasteiger partial charge in [-0.2, -0.15) is 0 Å². The van der Waals surface area contributed by atoms with Crippen molar-refractivity contribution in [2.45, 2.75) is 75.7 Å². The summed E-state index contributed by atoms with van der Waals surface area (Å²) in [7, 11) is 0. The van der Waals surface area contributed by atoms with Crippen molar-refractivity contribution in [1.82, 2.24) is 0 Å². The summed E-state index contributed by atoms with van der Waals surface area (Å²) in [6.45, 7) is 1.93. The Kier molecular flexibility index (Phi) is 4.38. The summed E-state index contributed by atoms with van der Waals surface area (Å²) in [4.78, 5) is 0. The molecule has 0 spiro atoms. The van der Waals surface area contributed by atoms with Crippen LogP contribution in [0.3, 0.4) is 0 Å². The smallest absolute Gasteiger partial charge is 0.173 e. The van der Waals surface area contributed by atoms with Gasteiger partial charge >= 0.3 is 0 Å². The highest BCUT2D eigenvalue weighted by atomic mass is 16.7. The van der Waals surface area contributed by atoms with Crippen LogP contribution in [0, 0.1) is 0 Å². The molecule has 1 heterocycles. The van der Waals surface area contributed by atoms with Gasteiger partial charge in [0, 0.05) is 6.04 Å². The van der Waals surface area contributed by atoms with E-state index in [1.54, 1.807) is 0 Å². The average Bonchev–Trinajstić information content (AvgIpc) is 2.29. The molecular weight excluding hydrogens is 220 g/mol. The lowest BCUT2D eigenvalue weighted by Gasteiger charge is -2.40. The third kappa shape index (κ3) is 3.17. The van der Waals surface area contributed by atoms with Crippen molar-refractivity contribution in [3.63, 3.8) is 0 Å². The topological polar surface area (TPSA) is 90.7 Å². The van der Waals surface area contributed by atoms with Gasteiger partial charge in [0.15, 0.2) is 6.29 Å². The number of aliphatic hydroxyl groups excluding tert-OH is 1. The van der Waals surface area contributed by atoms with Gasteiger partial charge in [-0.15, -0.1) is 0 Å². The first-order valence-electron chi connectivity index (χ1n) is 6.58. The van der Waals surface area contributed by atoms with Crippen LogP contribution in [0.2, 0.25) is 0 Å². The first-order chi connectivity index (χ1) is 8.08. The highest BCUT2D eigenvalue weighted by molar-refractivity contribution is 4.85.